The molecule has 6 heteroatoms. The molecule has 0 fully saturated rings. The van der Waals surface area contributed by atoms with E-state index >= 15 is 0 Å². The minimum absolute atomic E-state index is 0.343. The number of ether oxygens (including phenoxy) is 1. The summed E-state index contributed by atoms with van der Waals surface area (Å²) in [4.78, 5) is 15.9. The lowest BCUT2D eigenvalue weighted by Crippen LogP contribution is -2.08. The van der Waals surface area contributed by atoms with Gasteiger partial charge in [-0.15, -0.1) is 0 Å². The number of nitrogens with one attached hydrogen (secondary N) is 1. The summed E-state index contributed by atoms with van der Waals surface area (Å²) >= 11 is 0. The van der Waals surface area contributed by atoms with Crippen molar-refractivity contribution in [1.82, 2.24) is 4.98 Å². The Morgan fingerprint density at radius 2 is 2.12 bits per heavy atom. The van der Waals surface area contributed by atoms with E-state index in [2.05, 4.69) is 10.3 Å². The minimum Gasteiger partial charge on any atom is -0.496 e. The minimum atomic E-state index is -0.385. The van der Waals surface area contributed by atoms with E-state index in [4.69, 9.17) is 9.15 Å². The lowest BCUT2D eigenvalue weighted by atomic mass is 10.1. The Morgan fingerprint density at radius 3 is 2.84 bits per heavy atom. The van der Waals surface area contributed by atoms with E-state index in [0.29, 0.717) is 22.8 Å². The molecule has 0 saturated heterocycles. The summed E-state index contributed by atoms with van der Waals surface area (Å²) in [5, 5.41) is 2.70. The Morgan fingerprint density at radius 1 is 1.28 bits per heavy atom. The van der Waals surface area contributed by atoms with E-state index in [-0.39, 0.29) is 11.7 Å². The molecule has 0 spiro atoms. The van der Waals surface area contributed by atoms with Crippen LogP contribution < -0.4 is 10.1 Å². The number of carbonyl (C=O) groups excluding carboxylic acids is 1. The SMILES string of the molecule is COc1cc(NC(=O)C=Cc2ccccc2F)ccc1-c1cnco1. The topological polar surface area (TPSA) is 64.4 Å². The fraction of sp³-hybridized carbons (Fsp3) is 0.0526. The third-order valence-corrected chi connectivity index (χ3v) is 3.49. The molecule has 0 unspecified atom stereocenters. The number of nitrogens with zero attached hydrogens (tertiary/aromatic N) is 1. The Bertz CT molecular complexity index is 905. The summed E-state index contributed by atoms with van der Waals surface area (Å²) in [6, 6.07) is 11.4. The van der Waals surface area contributed by atoms with Crippen molar-refractivity contribution in [2.24, 2.45) is 0 Å². The summed E-state index contributed by atoms with van der Waals surface area (Å²) in [5.74, 6) is 0.337. The number of oxazole rings is 1. The van der Waals surface area contributed by atoms with Crippen LogP contribution in [0.3, 0.4) is 0 Å². The third kappa shape index (κ3) is 3.92. The van der Waals surface area contributed by atoms with Gasteiger partial charge in [0, 0.05) is 23.4 Å². The first-order valence-electron chi connectivity index (χ1n) is 7.48. The van der Waals surface area contributed by atoms with E-state index in [1.165, 1.54) is 31.7 Å². The van der Waals surface area contributed by atoms with Gasteiger partial charge in [0.15, 0.2) is 12.2 Å². The monoisotopic (exact) mass is 338 g/mol. The van der Waals surface area contributed by atoms with E-state index in [9.17, 15) is 9.18 Å². The zero-order chi connectivity index (χ0) is 17.6. The predicted octanol–water partition coefficient (Wildman–Crippen LogP) is 4.14. The highest BCUT2D eigenvalue weighted by atomic mass is 19.1. The number of rotatable bonds is 5. The Labute approximate surface area is 143 Å². The van der Waals surface area contributed by atoms with E-state index < -0.39 is 0 Å². The van der Waals surface area contributed by atoms with Crippen molar-refractivity contribution in [2.45, 2.75) is 0 Å². The molecule has 0 radical (unpaired) electrons. The number of halogens is 1. The molecule has 3 aromatic rings. The van der Waals surface area contributed by atoms with Crippen LogP contribution in [0.4, 0.5) is 10.1 Å². The van der Waals surface area contributed by atoms with Crippen LogP contribution in [0.15, 0.2) is 65.5 Å². The van der Waals surface area contributed by atoms with E-state index in [0.717, 1.165) is 5.56 Å². The molecule has 1 amide bonds. The van der Waals surface area contributed by atoms with E-state index in [1.54, 1.807) is 42.6 Å². The van der Waals surface area contributed by atoms with Crippen LogP contribution in [0.5, 0.6) is 5.75 Å². The van der Waals surface area contributed by atoms with Gasteiger partial charge in [-0.25, -0.2) is 9.37 Å². The van der Waals surface area contributed by atoms with Crippen molar-refractivity contribution in [2.75, 3.05) is 12.4 Å². The first-order chi connectivity index (χ1) is 12.2. The van der Waals surface area contributed by atoms with Crippen molar-refractivity contribution in [1.29, 1.82) is 0 Å². The second-order valence-electron chi connectivity index (χ2n) is 5.12. The zero-order valence-electron chi connectivity index (χ0n) is 13.4. The number of methoxy groups -OCH3 is 1. The number of benzene rings is 2. The van der Waals surface area contributed by atoms with Crippen molar-refractivity contribution in [3.05, 3.63) is 72.5 Å². The molecule has 0 aliphatic rings. The number of amides is 1. The molecule has 5 nitrogen and oxygen atoms in total. The van der Waals surface area contributed by atoms with Gasteiger partial charge in [0.05, 0.1) is 18.9 Å². The molecule has 126 valence electrons. The van der Waals surface area contributed by atoms with Crippen LogP contribution in [0.1, 0.15) is 5.56 Å². The molecule has 1 heterocycles. The maximum Gasteiger partial charge on any atom is 0.248 e. The highest BCUT2D eigenvalue weighted by Gasteiger charge is 2.10. The third-order valence-electron chi connectivity index (χ3n) is 3.49. The smallest absolute Gasteiger partial charge is 0.248 e. The summed E-state index contributed by atoms with van der Waals surface area (Å²) < 4.78 is 24.1. The first kappa shape index (κ1) is 16.4. The predicted molar refractivity (Wildman–Crippen MR) is 92.6 cm³/mol. The summed E-state index contributed by atoms with van der Waals surface area (Å²) in [5.41, 5.74) is 1.61. The largest absolute Gasteiger partial charge is 0.496 e. The maximum absolute atomic E-state index is 13.5. The molecule has 0 aliphatic heterocycles. The average molecular weight is 338 g/mol. The van der Waals surface area contributed by atoms with Gasteiger partial charge in [0.1, 0.15) is 11.6 Å². The molecule has 25 heavy (non-hydrogen) atoms. The summed E-state index contributed by atoms with van der Waals surface area (Å²) in [7, 11) is 1.53. The average Bonchev–Trinajstić information content (AvgIpc) is 3.15. The quantitative estimate of drug-likeness (QED) is 0.710. The molecule has 2 aromatic carbocycles. The van der Waals surface area contributed by atoms with Gasteiger partial charge in [0.25, 0.3) is 0 Å². The number of hydrogen-bond donors (Lipinski definition) is 1. The van der Waals surface area contributed by atoms with Crippen molar-refractivity contribution in [3.63, 3.8) is 0 Å². The van der Waals surface area contributed by atoms with Crippen LogP contribution in [0, 0.1) is 5.82 Å². The molecule has 0 atom stereocenters. The summed E-state index contributed by atoms with van der Waals surface area (Å²) in [6.07, 6.45) is 5.60. The van der Waals surface area contributed by atoms with Gasteiger partial charge in [-0.3, -0.25) is 4.79 Å². The Balaban J connectivity index is 1.74. The van der Waals surface area contributed by atoms with Gasteiger partial charge in [-0.05, 0) is 24.3 Å². The van der Waals surface area contributed by atoms with Gasteiger partial charge >= 0.3 is 0 Å². The van der Waals surface area contributed by atoms with Gasteiger partial charge < -0.3 is 14.5 Å². The fourth-order valence-corrected chi connectivity index (χ4v) is 2.28. The van der Waals surface area contributed by atoms with Crippen LogP contribution in [0.25, 0.3) is 17.4 Å². The highest BCUT2D eigenvalue weighted by molar-refractivity contribution is 6.02. The standard InChI is InChI=1S/C19H15FN2O3/c1-24-17-10-14(7-8-15(17)18-11-21-12-25-18)22-19(23)9-6-13-4-2-3-5-16(13)20/h2-12H,1H3,(H,22,23). The van der Waals surface area contributed by atoms with Crippen molar-refractivity contribution >= 4 is 17.7 Å². The number of hydrogen-bond acceptors (Lipinski definition) is 4. The second kappa shape index (κ2) is 7.44. The molecule has 1 N–H and O–H groups in total. The van der Waals surface area contributed by atoms with Gasteiger partial charge in [-0.1, -0.05) is 18.2 Å². The number of carbonyl (C=O) groups is 1. The summed E-state index contributed by atoms with van der Waals surface area (Å²) in [6.45, 7) is 0. The normalized spacial score (nSPS) is 10.8. The molecular formula is C19H15FN2O3. The maximum atomic E-state index is 13.5. The van der Waals surface area contributed by atoms with E-state index in [1.807, 2.05) is 0 Å². The van der Waals surface area contributed by atoms with Crippen LogP contribution >= 0.6 is 0 Å². The second-order valence-corrected chi connectivity index (χ2v) is 5.12. The molecule has 3 rings (SSSR count). The lowest BCUT2D eigenvalue weighted by molar-refractivity contribution is -0.111. The molecule has 0 aliphatic carbocycles. The molecule has 1 aromatic heterocycles. The van der Waals surface area contributed by atoms with Crippen LogP contribution in [-0.4, -0.2) is 18.0 Å². The molecule has 0 saturated carbocycles. The number of aromatic nitrogens is 1. The molecular weight excluding hydrogens is 323 g/mol. The fourth-order valence-electron chi connectivity index (χ4n) is 2.28. The highest BCUT2D eigenvalue weighted by Crippen LogP contribution is 2.32. The number of anilines is 1. The zero-order valence-corrected chi connectivity index (χ0v) is 13.4. The van der Waals surface area contributed by atoms with Crippen molar-refractivity contribution in [3.8, 4) is 17.1 Å². The van der Waals surface area contributed by atoms with Gasteiger partial charge in [0.2, 0.25) is 5.91 Å². The first-order valence-corrected chi connectivity index (χ1v) is 7.48. The Hall–Kier alpha value is -3.41. The van der Waals surface area contributed by atoms with Crippen molar-refractivity contribution < 1.29 is 18.3 Å². The Kier molecular flexibility index (Phi) is 4.89. The van der Waals surface area contributed by atoms with Crippen LogP contribution in [-0.2, 0) is 4.79 Å². The lowest BCUT2D eigenvalue weighted by Gasteiger charge is -2.09. The van der Waals surface area contributed by atoms with Crippen LogP contribution in [0.2, 0.25) is 0 Å². The van der Waals surface area contributed by atoms with Gasteiger partial charge in [-0.2, -0.15) is 0 Å². The molecule has 0 bridgehead atoms.